The summed E-state index contributed by atoms with van der Waals surface area (Å²) in [5.74, 6) is 0. The van der Waals surface area contributed by atoms with Crippen LogP contribution in [0, 0.1) is 0 Å². The number of aromatic nitrogens is 3. The molecule has 5 heteroatoms. The zero-order valence-corrected chi connectivity index (χ0v) is 16.6. The van der Waals surface area contributed by atoms with Crippen LogP contribution in [0.3, 0.4) is 0 Å². The van der Waals surface area contributed by atoms with Crippen molar-refractivity contribution in [1.82, 2.24) is 15.0 Å². The van der Waals surface area contributed by atoms with E-state index in [1.54, 1.807) is 0 Å². The normalized spacial score (nSPS) is 14.6. The van der Waals surface area contributed by atoms with Crippen LogP contribution in [0.5, 0.6) is 0 Å². The molecule has 0 spiro atoms. The molecule has 0 aliphatic rings. The fourth-order valence-corrected chi connectivity index (χ4v) is 5.95. The number of hydrogen-bond acceptors (Lipinski definition) is 3. The number of hydrogen-bond donors (Lipinski definition) is 0. The summed E-state index contributed by atoms with van der Waals surface area (Å²) in [6.45, 7) is 7.03. The Morgan fingerprint density at radius 2 is 1.68 bits per heavy atom. The van der Waals surface area contributed by atoms with Crippen molar-refractivity contribution in [2.45, 2.75) is 44.3 Å². The molecule has 0 saturated heterocycles. The molecular weight excluding hydrogens is 326 g/mol. The first-order valence-electron chi connectivity index (χ1n) is 8.88. The highest BCUT2D eigenvalue weighted by atomic mass is 28.3. The molecule has 1 heterocycles. The summed E-state index contributed by atoms with van der Waals surface area (Å²) in [5, 5.41) is 8.47. The number of nitrogens with zero attached hydrogens (tertiary/aromatic N) is 3. The highest BCUT2D eigenvalue weighted by Gasteiger charge is 2.46. The molecule has 0 amide bonds. The average molecular weight is 354 g/mol. The van der Waals surface area contributed by atoms with Crippen molar-refractivity contribution in [1.29, 1.82) is 0 Å². The molecule has 3 rings (SSSR count). The number of para-hydroxylation sites is 1. The quantitative estimate of drug-likeness (QED) is 0.581. The van der Waals surface area contributed by atoms with Gasteiger partial charge in [-0.1, -0.05) is 67.3 Å². The maximum atomic E-state index is 6.22. The lowest BCUT2D eigenvalue weighted by Crippen LogP contribution is -2.56. The van der Waals surface area contributed by atoms with Crippen molar-refractivity contribution in [3.8, 4) is 0 Å². The monoisotopic (exact) mass is 353 g/mol. The lowest BCUT2D eigenvalue weighted by molar-refractivity contribution is -0.0283. The van der Waals surface area contributed by atoms with Gasteiger partial charge < -0.3 is 4.74 Å². The summed E-state index contributed by atoms with van der Waals surface area (Å²) in [7, 11) is 0.0580. The Kier molecular flexibility index (Phi) is 5.06. The van der Waals surface area contributed by atoms with Gasteiger partial charge in [0.05, 0.1) is 5.52 Å². The number of fused-ring (bicyclic) bond motifs is 1. The van der Waals surface area contributed by atoms with Crippen molar-refractivity contribution in [3.63, 3.8) is 0 Å². The standard InChI is InChI=1S/C20H27N3OSi/c1-24-20(25(2,3)4,16-10-13-17-11-6-5-7-12-17)23-19-15-9-8-14-18(19)21-22-23/h5-9,11-12,14-15H,10,13,16H2,1-4H3. The minimum absolute atomic E-state index is 0.405. The molecule has 25 heavy (non-hydrogen) atoms. The molecule has 0 bridgehead atoms. The first-order valence-corrected chi connectivity index (χ1v) is 12.4. The number of methoxy groups -OCH3 is 1. The Morgan fingerprint density at radius 3 is 2.36 bits per heavy atom. The molecule has 3 aromatic rings. The molecule has 4 nitrogen and oxygen atoms in total. The molecule has 0 saturated carbocycles. The third-order valence-corrected chi connectivity index (χ3v) is 8.04. The molecule has 2 aromatic carbocycles. The largest absolute Gasteiger partial charge is 0.361 e. The molecule has 1 atom stereocenters. The number of benzene rings is 2. The molecule has 1 aromatic heterocycles. The van der Waals surface area contributed by atoms with Crippen LogP contribution >= 0.6 is 0 Å². The Balaban J connectivity index is 1.93. The highest BCUT2D eigenvalue weighted by molar-refractivity contribution is 6.78. The number of rotatable bonds is 7. The third-order valence-electron chi connectivity index (χ3n) is 5.03. The molecule has 0 fully saturated rings. The van der Waals surface area contributed by atoms with E-state index in [1.165, 1.54) is 5.56 Å². The van der Waals surface area contributed by atoms with Crippen LogP contribution in [0.4, 0.5) is 0 Å². The maximum absolute atomic E-state index is 6.22. The molecule has 132 valence electrons. The van der Waals surface area contributed by atoms with Crippen molar-refractivity contribution in [2.75, 3.05) is 7.11 Å². The van der Waals surface area contributed by atoms with Gasteiger partial charge >= 0.3 is 0 Å². The van der Waals surface area contributed by atoms with Crippen LogP contribution in [0.25, 0.3) is 11.0 Å². The summed E-state index contributed by atoms with van der Waals surface area (Å²) >= 11 is 0. The zero-order valence-electron chi connectivity index (χ0n) is 15.6. The lowest BCUT2D eigenvalue weighted by Gasteiger charge is -2.42. The first-order chi connectivity index (χ1) is 12.0. The van der Waals surface area contributed by atoms with E-state index in [1.807, 2.05) is 30.0 Å². The fraction of sp³-hybridized carbons (Fsp3) is 0.400. The predicted molar refractivity (Wildman–Crippen MR) is 105 cm³/mol. The summed E-state index contributed by atoms with van der Waals surface area (Å²) < 4.78 is 8.26. The zero-order chi connectivity index (χ0) is 17.9. The third kappa shape index (κ3) is 3.39. The smallest absolute Gasteiger partial charge is 0.146 e. The van der Waals surface area contributed by atoms with Gasteiger partial charge in [0.25, 0.3) is 0 Å². The van der Waals surface area contributed by atoms with Crippen molar-refractivity contribution in [2.24, 2.45) is 0 Å². The second-order valence-electron chi connectivity index (χ2n) is 7.57. The topological polar surface area (TPSA) is 39.9 Å². The van der Waals surface area contributed by atoms with Gasteiger partial charge in [-0.2, -0.15) is 0 Å². The Hall–Kier alpha value is -1.98. The van der Waals surface area contributed by atoms with Gasteiger partial charge in [0.2, 0.25) is 0 Å². The van der Waals surface area contributed by atoms with E-state index in [0.29, 0.717) is 0 Å². The van der Waals surface area contributed by atoms with E-state index in [9.17, 15) is 0 Å². The predicted octanol–water partition coefficient (Wildman–Crippen LogP) is 4.63. The number of aryl methyl sites for hydroxylation is 1. The van der Waals surface area contributed by atoms with Crippen LogP contribution in [-0.2, 0) is 16.5 Å². The Labute approximate surface area is 150 Å². The van der Waals surface area contributed by atoms with Crippen molar-refractivity contribution < 1.29 is 4.74 Å². The van der Waals surface area contributed by atoms with Crippen molar-refractivity contribution in [3.05, 3.63) is 60.2 Å². The minimum atomic E-state index is -1.76. The van der Waals surface area contributed by atoms with E-state index in [0.717, 1.165) is 30.3 Å². The fourth-order valence-electron chi connectivity index (χ4n) is 3.61. The average Bonchev–Trinajstić information content (AvgIpc) is 3.03. The summed E-state index contributed by atoms with van der Waals surface area (Å²) in [6, 6.07) is 18.8. The van der Waals surface area contributed by atoms with E-state index >= 15 is 0 Å². The summed E-state index contributed by atoms with van der Waals surface area (Å²) in [4.78, 5) is 0. The van der Waals surface area contributed by atoms with Gasteiger partial charge in [0.15, 0.2) is 0 Å². The van der Waals surface area contributed by atoms with Crippen LogP contribution in [-0.4, -0.2) is 30.2 Å². The van der Waals surface area contributed by atoms with Crippen molar-refractivity contribution >= 4 is 19.1 Å². The minimum Gasteiger partial charge on any atom is -0.361 e. The maximum Gasteiger partial charge on any atom is 0.146 e. The van der Waals surface area contributed by atoms with Gasteiger partial charge in [-0.05, 0) is 37.0 Å². The van der Waals surface area contributed by atoms with Gasteiger partial charge in [0, 0.05) is 7.11 Å². The van der Waals surface area contributed by atoms with Crippen LogP contribution < -0.4 is 0 Å². The summed E-state index contributed by atoms with van der Waals surface area (Å²) in [5.41, 5.74) is 3.34. The highest BCUT2D eigenvalue weighted by Crippen LogP contribution is 2.36. The molecule has 0 radical (unpaired) electrons. The first kappa shape index (κ1) is 17.8. The van der Waals surface area contributed by atoms with Gasteiger partial charge in [-0.15, -0.1) is 5.10 Å². The van der Waals surface area contributed by atoms with Gasteiger partial charge in [-0.3, -0.25) is 0 Å². The van der Waals surface area contributed by atoms with Gasteiger partial charge in [0.1, 0.15) is 18.9 Å². The van der Waals surface area contributed by atoms with E-state index in [4.69, 9.17) is 4.74 Å². The Bertz CT molecular complexity index is 826. The molecular formula is C20H27N3OSi. The Morgan fingerprint density at radius 1 is 1.00 bits per heavy atom. The van der Waals surface area contributed by atoms with E-state index < -0.39 is 13.4 Å². The molecule has 0 aliphatic carbocycles. The second-order valence-corrected chi connectivity index (χ2v) is 12.8. The second kappa shape index (κ2) is 7.10. The van der Waals surface area contributed by atoms with E-state index in [-0.39, 0.29) is 0 Å². The van der Waals surface area contributed by atoms with E-state index in [2.05, 4.69) is 66.4 Å². The van der Waals surface area contributed by atoms with Crippen LogP contribution in [0.15, 0.2) is 54.6 Å². The van der Waals surface area contributed by atoms with Crippen LogP contribution in [0.2, 0.25) is 19.6 Å². The molecule has 0 aliphatic heterocycles. The number of ether oxygens (including phenoxy) is 1. The molecule has 1 unspecified atom stereocenters. The molecule has 0 N–H and O–H groups in total. The SMILES string of the molecule is COC(CCCc1ccccc1)(n1nnc2ccccc21)[Si](C)(C)C. The summed E-state index contributed by atoms with van der Waals surface area (Å²) in [6.07, 6.45) is 3.03. The van der Waals surface area contributed by atoms with Gasteiger partial charge in [-0.25, -0.2) is 4.68 Å². The lowest BCUT2D eigenvalue weighted by atomic mass is 10.1. The van der Waals surface area contributed by atoms with Crippen LogP contribution in [0.1, 0.15) is 18.4 Å².